The van der Waals surface area contributed by atoms with Crippen LogP contribution in [0.1, 0.15) is 32.6 Å². The number of nitrogens with one attached hydrogen (secondary N) is 1. The molecule has 2 atom stereocenters. The van der Waals surface area contributed by atoms with Gasteiger partial charge in [-0.25, -0.2) is 4.99 Å². The fourth-order valence-corrected chi connectivity index (χ4v) is 3.45. The first-order valence-corrected chi connectivity index (χ1v) is 7.51. The standard InChI is InChI=1S/C16H23N3O.HI/c1-2-20-14-11-13(16(14)9-6-10-16)19-15(17)18-12-7-4-3-5-8-12;/h3-5,7-8,13-14H,2,6,9-11H2,1H3,(H3,17,18,19);1H. The first-order valence-electron chi connectivity index (χ1n) is 7.51. The fourth-order valence-electron chi connectivity index (χ4n) is 3.45. The van der Waals surface area contributed by atoms with Crippen molar-refractivity contribution in [1.82, 2.24) is 0 Å². The Balaban J connectivity index is 0.00000161. The predicted molar refractivity (Wildman–Crippen MR) is 97.2 cm³/mol. The van der Waals surface area contributed by atoms with Crippen LogP contribution in [0.25, 0.3) is 0 Å². The number of ether oxygens (including phenoxy) is 1. The van der Waals surface area contributed by atoms with Crippen LogP contribution < -0.4 is 11.1 Å². The number of aliphatic imine (C=N–C) groups is 1. The van der Waals surface area contributed by atoms with E-state index in [0.29, 0.717) is 18.1 Å². The number of nitrogens with two attached hydrogens (primary N) is 1. The number of halogens is 1. The summed E-state index contributed by atoms with van der Waals surface area (Å²) in [6.45, 7) is 2.86. The Morgan fingerprint density at radius 1 is 1.38 bits per heavy atom. The van der Waals surface area contributed by atoms with E-state index in [1.54, 1.807) is 0 Å². The molecule has 116 valence electrons. The average molecular weight is 401 g/mol. The van der Waals surface area contributed by atoms with Gasteiger partial charge in [-0.3, -0.25) is 0 Å². The monoisotopic (exact) mass is 401 g/mol. The quantitative estimate of drug-likeness (QED) is 0.462. The summed E-state index contributed by atoms with van der Waals surface area (Å²) in [6.07, 6.45) is 5.14. The van der Waals surface area contributed by atoms with Gasteiger partial charge in [0.2, 0.25) is 0 Å². The number of nitrogens with zero attached hydrogens (tertiary/aromatic N) is 1. The second-order valence-corrected chi connectivity index (χ2v) is 5.79. The number of hydrogen-bond acceptors (Lipinski definition) is 2. The molecule has 0 aromatic heterocycles. The molecule has 5 heteroatoms. The molecule has 2 aliphatic carbocycles. The van der Waals surface area contributed by atoms with Crippen molar-refractivity contribution in [2.45, 2.75) is 44.8 Å². The molecular formula is C16H24IN3O. The van der Waals surface area contributed by atoms with Gasteiger partial charge in [0.05, 0.1) is 12.1 Å². The van der Waals surface area contributed by atoms with Crippen molar-refractivity contribution in [2.75, 3.05) is 11.9 Å². The van der Waals surface area contributed by atoms with E-state index in [-0.39, 0.29) is 29.4 Å². The van der Waals surface area contributed by atoms with Crippen LogP contribution >= 0.6 is 24.0 Å². The zero-order valence-electron chi connectivity index (χ0n) is 12.4. The van der Waals surface area contributed by atoms with Crippen LogP contribution in [0.3, 0.4) is 0 Å². The molecule has 4 nitrogen and oxygen atoms in total. The number of guanidine groups is 1. The molecule has 3 rings (SSSR count). The lowest BCUT2D eigenvalue weighted by Crippen LogP contribution is -2.61. The Bertz CT molecular complexity index is 488. The van der Waals surface area contributed by atoms with Crippen LogP contribution in [0.4, 0.5) is 5.69 Å². The molecule has 1 spiro atoms. The zero-order chi connectivity index (χ0) is 14.0. The van der Waals surface area contributed by atoms with Crippen molar-refractivity contribution < 1.29 is 4.74 Å². The molecule has 0 radical (unpaired) electrons. The summed E-state index contributed by atoms with van der Waals surface area (Å²) in [6, 6.07) is 10.3. The average Bonchev–Trinajstić information content (AvgIpc) is 2.36. The smallest absolute Gasteiger partial charge is 0.193 e. The summed E-state index contributed by atoms with van der Waals surface area (Å²) in [5, 5.41) is 3.16. The van der Waals surface area contributed by atoms with Gasteiger partial charge < -0.3 is 15.8 Å². The summed E-state index contributed by atoms with van der Waals surface area (Å²) in [7, 11) is 0. The Kier molecular flexibility index (Phi) is 5.48. The van der Waals surface area contributed by atoms with Crippen LogP contribution in [0.15, 0.2) is 35.3 Å². The molecule has 0 aliphatic heterocycles. The Hall–Kier alpha value is -0.820. The minimum Gasteiger partial charge on any atom is -0.378 e. The third-order valence-electron chi connectivity index (χ3n) is 4.74. The number of rotatable bonds is 4. The third kappa shape index (κ3) is 3.18. The number of para-hydroxylation sites is 1. The van der Waals surface area contributed by atoms with Crippen molar-refractivity contribution in [3.8, 4) is 0 Å². The number of anilines is 1. The Morgan fingerprint density at radius 3 is 2.67 bits per heavy atom. The molecule has 2 saturated carbocycles. The molecule has 2 aliphatic rings. The van der Waals surface area contributed by atoms with Gasteiger partial charge in [-0.2, -0.15) is 0 Å². The van der Waals surface area contributed by atoms with Crippen molar-refractivity contribution in [1.29, 1.82) is 0 Å². The van der Waals surface area contributed by atoms with E-state index < -0.39 is 0 Å². The maximum atomic E-state index is 6.03. The highest BCUT2D eigenvalue weighted by Gasteiger charge is 2.59. The first kappa shape index (κ1) is 16.5. The minimum absolute atomic E-state index is 0. The van der Waals surface area contributed by atoms with Crippen LogP contribution in [0, 0.1) is 5.41 Å². The van der Waals surface area contributed by atoms with E-state index in [2.05, 4.69) is 17.2 Å². The summed E-state index contributed by atoms with van der Waals surface area (Å²) in [4.78, 5) is 4.69. The van der Waals surface area contributed by atoms with Gasteiger partial charge in [0, 0.05) is 17.7 Å². The lowest BCUT2D eigenvalue weighted by Gasteiger charge is -2.59. The van der Waals surface area contributed by atoms with Crippen molar-refractivity contribution in [3.05, 3.63) is 30.3 Å². The summed E-state index contributed by atoms with van der Waals surface area (Å²) >= 11 is 0. The van der Waals surface area contributed by atoms with Gasteiger partial charge >= 0.3 is 0 Å². The highest BCUT2D eigenvalue weighted by atomic mass is 127. The van der Waals surface area contributed by atoms with Gasteiger partial charge in [-0.15, -0.1) is 24.0 Å². The molecule has 0 amide bonds. The van der Waals surface area contributed by atoms with Gasteiger partial charge in [-0.05, 0) is 38.3 Å². The molecule has 0 bridgehead atoms. The van der Waals surface area contributed by atoms with E-state index in [4.69, 9.17) is 10.5 Å². The van der Waals surface area contributed by atoms with Crippen LogP contribution in [-0.2, 0) is 4.74 Å². The maximum Gasteiger partial charge on any atom is 0.193 e. The molecule has 2 unspecified atom stereocenters. The van der Waals surface area contributed by atoms with Crippen LogP contribution in [0.2, 0.25) is 0 Å². The maximum absolute atomic E-state index is 6.03. The van der Waals surface area contributed by atoms with E-state index in [0.717, 1.165) is 18.7 Å². The highest BCUT2D eigenvalue weighted by Crippen LogP contribution is 2.58. The normalized spacial score (nSPS) is 26.4. The summed E-state index contributed by atoms with van der Waals surface area (Å²) in [5.41, 5.74) is 7.29. The molecule has 0 heterocycles. The van der Waals surface area contributed by atoms with Gasteiger partial charge in [0.1, 0.15) is 0 Å². The van der Waals surface area contributed by atoms with Crippen molar-refractivity contribution in [3.63, 3.8) is 0 Å². The lowest BCUT2D eigenvalue weighted by molar-refractivity contribution is -0.162. The second kappa shape index (κ2) is 6.96. The number of benzene rings is 1. The van der Waals surface area contributed by atoms with Gasteiger partial charge in [0.15, 0.2) is 5.96 Å². The summed E-state index contributed by atoms with van der Waals surface area (Å²) in [5.74, 6) is 0.516. The fraction of sp³-hybridized carbons (Fsp3) is 0.562. The Labute approximate surface area is 143 Å². The lowest BCUT2D eigenvalue weighted by atomic mass is 9.51. The van der Waals surface area contributed by atoms with Gasteiger partial charge in [0.25, 0.3) is 0 Å². The molecule has 1 aromatic rings. The topological polar surface area (TPSA) is 59.6 Å². The second-order valence-electron chi connectivity index (χ2n) is 5.79. The van der Waals surface area contributed by atoms with Gasteiger partial charge in [-0.1, -0.05) is 24.6 Å². The van der Waals surface area contributed by atoms with E-state index >= 15 is 0 Å². The van der Waals surface area contributed by atoms with E-state index in [9.17, 15) is 0 Å². The molecule has 1 aromatic carbocycles. The zero-order valence-corrected chi connectivity index (χ0v) is 14.7. The highest BCUT2D eigenvalue weighted by molar-refractivity contribution is 14.0. The minimum atomic E-state index is 0. The molecule has 0 saturated heterocycles. The molecule has 3 N–H and O–H groups in total. The third-order valence-corrected chi connectivity index (χ3v) is 4.74. The summed E-state index contributed by atoms with van der Waals surface area (Å²) < 4.78 is 5.84. The molecular weight excluding hydrogens is 377 g/mol. The van der Waals surface area contributed by atoms with Crippen LogP contribution in [-0.4, -0.2) is 24.7 Å². The molecule has 21 heavy (non-hydrogen) atoms. The van der Waals surface area contributed by atoms with E-state index in [1.165, 1.54) is 19.3 Å². The largest absolute Gasteiger partial charge is 0.378 e. The Morgan fingerprint density at radius 2 is 2.10 bits per heavy atom. The predicted octanol–water partition coefficient (Wildman–Crippen LogP) is 3.38. The van der Waals surface area contributed by atoms with E-state index in [1.807, 2.05) is 30.3 Å². The number of hydrogen-bond donors (Lipinski definition) is 2. The molecule has 2 fully saturated rings. The van der Waals surface area contributed by atoms with Crippen LogP contribution in [0.5, 0.6) is 0 Å². The SMILES string of the molecule is CCOC1CC(N=C(N)Nc2ccccc2)C12CCC2.I. The van der Waals surface area contributed by atoms with Crippen molar-refractivity contribution >= 4 is 35.6 Å². The van der Waals surface area contributed by atoms with Crippen molar-refractivity contribution in [2.24, 2.45) is 16.1 Å². The first-order chi connectivity index (χ1) is 9.74.